The summed E-state index contributed by atoms with van der Waals surface area (Å²) in [5, 5.41) is 10.1. The number of hydrogen-bond donors (Lipinski definition) is 0. The van der Waals surface area contributed by atoms with Crippen LogP contribution in [0.4, 0.5) is 10.8 Å². The lowest BCUT2D eigenvalue weighted by molar-refractivity contribution is 0.00578. The third kappa shape index (κ3) is 3.75. The van der Waals surface area contributed by atoms with Gasteiger partial charge in [0.15, 0.2) is 5.13 Å². The van der Waals surface area contributed by atoms with Gasteiger partial charge in [-0.3, -0.25) is 0 Å². The molecule has 164 valence electrons. The van der Waals surface area contributed by atoms with Crippen molar-refractivity contribution in [1.82, 2.24) is 4.98 Å². The monoisotopic (exact) mass is 446 g/mol. The van der Waals surface area contributed by atoms with Crippen LogP contribution in [0.15, 0.2) is 42.5 Å². The molecule has 0 bridgehead atoms. The number of nitriles is 1. The topological polar surface area (TPSA) is 61.6 Å². The lowest BCUT2D eigenvalue weighted by Crippen LogP contribution is -2.46. The Morgan fingerprint density at radius 2 is 1.56 bits per heavy atom. The maximum Gasteiger partial charge on any atom is 0.494 e. The SMILES string of the molecule is CC1(C)OB(c2ccc(N3CCN(c4nc5cc(C#N)ccc5s4)CC3)cc2)OC1(C)C. The summed E-state index contributed by atoms with van der Waals surface area (Å²) in [6.07, 6.45) is 0. The zero-order chi connectivity index (χ0) is 22.5. The third-order valence-corrected chi connectivity index (χ3v) is 7.94. The van der Waals surface area contributed by atoms with Crippen molar-refractivity contribution in [3.63, 3.8) is 0 Å². The number of nitrogens with zero attached hydrogens (tertiary/aromatic N) is 4. The second-order valence-electron chi connectivity index (χ2n) is 9.44. The van der Waals surface area contributed by atoms with Gasteiger partial charge in [-0.1, -0.05) is 23.5 Å². The fourth-order valence-corrected chi connectivity index (χ4v) is 5.10. The molecule has 6 nitrogen and oxygen atoms in total. The second kappa shape index (κ2) is 7.77. The van der Waals surface area contributed by atoms with E-state index < -0.39 is 0 Å². The van der Waals surface area contributed by atoms with Crippen molar-refractivity contribution in [2.75, 3.05) is 36.0 Å². The molecule has 3 aromatic rings. The van der Waals surface area contributed by atoms with Crippen LogP contribution in [0.2, 0.25) is 0 Å². The highest BCUT2D eigenvalue weighted by Crippen LogP contribution is 2.36. The van der Waals surface area contributed by atoms with E-state index in [1.807, 2.05) is 18.2 Å². The maximum absolute atomic E-state index is 9.11. The van der Waals surface area contributed by atoms with Gasteiger partial charge in [-0.2, -0.15) is 5.26 Å². The summed E-state index contributed by atoms with van der Waals surface area (Å²) < 4.78 is 13.5. The van der Waals surface area contributed by atoms with Gasteiger partial charge in [0.25, 0.3) is 0 Å². The minimum atomic E-state index is -0.330. The Kier molecular flexibility index (Phi) is 5.16. The van der Waals surface area contributed by atoms with Gasteiger partial charge >= 0.3 is 7.12 Å². The Balaban J connectivity index is 1.23. The molecule has 0 aliphatic carbocycles. The van der Waals surface area contributed by atoms with Crippen LogP contribution in [0, 0.1) is 11.3 Å². The first-order chi connectivity index (χ1) is 15.3. The molecule has 5 rings (SSSR count). The number of piperazine rings is 1. The fraction of sp³-hybridized carbons (Fsp3) is 0.417. The first-order valence-corrected chi connectivity index (χ1v) is 11.8. The molecule has 0 saturated carbocycles. The minimum absolute atomic E-state index is 0.327. The van der Waals surface area contributed by atoms with Crippen LogP contribution in [0.25, 0.3) is 10.2 Å². The zero-order valence-corrected chi connectivity index (χ0v) is 19.8. The van der Waals surface area contributed by atoms with Gasteiger partial charge in [0.05, 0.1) is 33.1 Å². The van der Waals surface area contributed by atoms with E-state index in [1.54, 1.807) is 11.3 Å². The number of thiazole rings is 1. The molecule has 1 aromatic heterocycles. The van der Waals surface area contributed by atoms with E-state index in [0.717, 1.165) is 47.0 Å². The van der Waals surface area contributed by atoms with Crippen molar-refractivity contribution in [3.8, 4) is 6.07 Å². The number of anilines is 2. The summed E-state index contributed by atoms with van der Waals surface area (Å²) in [4.78, 5) is 9.52. The van der Waals surface area contributed by atoms with Crippen LogP contribution in [0.5, 0.6) is 0 Å². The number of benzene rings is 2. The van der Waals surface area contributed by atoms with E-state index in [0.29, 0.717) is 5.56 Å². The molecule has 2 saturated heterocycles. The van der Waals surface area contributed by atoms with Crippen LogP contribution in [-0.4, -0.2) is 49.5 Å². The number of aromatic nitrogens is 1. The van der Waals surface area contributed by atoms with Gasteiger partial charge in [0.1, 0.15) is 0 Å². The summed E-state index contributed by atoms with van der Waals surface area (Å²) in [6.45, 7) is 12.0. The molecule has 8 heteroatoms. The highest BCUT2D eigenvalue weighted by Gasteiger charge is 2.51. The van der Waals surface area contributed by atoms with Crippen molar-refractivity contribution in [2.24, 2.45) is 0 Å². The predicted octanol–water partition coefficient (Wildman–Crippen LogP) is 3.79. The molecule has 0 atom stereocenters. The van der Waals surface area contributed by atoms with E-state index in [9.17, 15) is 0 Å². The molecule has 2 aromatic carbocycles. The van der Waals surface area contributed by atoms with Gasteiger partial charge < -0.3 is 19.1 Å². The quantitative estimate of drug-likeness (QED) is 0.571. The molecule has 0 N–H and O–H groups in total. The van der Waals surface area contributed by atoms with Crippen molar-refractivity contribution in [3.05, 3.63) is 48.0 Å². The second-order valence-corrected chi connectivity index (χ2v) is 10.5. The summed E-state index contributed by atoms with van der Waals surface area (Å²) in [5.74, 6) is 0. The molecule has 0 unspecified atom stereocenters. The van der Waals surface area contributed by atoms with Gasteiger partial charge in [0.2, 0.25) is 0 Å². The van der Waals surface area contributed by atoms with E-state index in [-0.39, 0.29) is 18.3 Å². The highest BCUT2D eigenvalue weighted by molar-refractivity contribution is 7.22. The van der Waals surface area contributed by atoms with Gasteiger partial charge in [-0.15, -0.1) is 0 Å². The van der Waals surface area contributed by atoms with E-state index >= 15 is 0 Å². The molecule has 32 heavy (non-hydrogen) atoms. The Morgan fingerprint density at radius 1 is 0.938 bits per heavy atom. The van der Waals surface area contributed by atoms with Crippen molar-refractivity contribution in [2.45, 2.75) is 38.9 Å². The van der Waals surface area contributed by atoms with E-state index in [4.69, 9.17) is 19.6 Å². The van der Waals surface area contributed by atoms with Crippen molar-refractivity contribution >= 4 is 45.0 Å². The molecule has 0 spiro atoms. The highest BCUT2D eigenvalue weighted by atomic mass is 32.1. The standard InChI is InChI=1S/C24H27BN4O2S/c1-23(2)24(3,4)31-25(30-23)18-6-8-19(9-7-18)28-11-13-29(14-12-28)22-27-20-15-17(16-26)5-10-21(20)32-22/h5-10,15H,11-14H2,1-4H3. The Labute approximate surface area is 193 Å². The average Bonchev–Trinajstić information content (AvgIpc) is 3.30. The Bertz CT molecular complexity index is 1160. The first kappa shape index (κ1) is 21.3. The molecular weight excluding hydrogens is 419 g/mol. The lowest BCUT2D eigenvalue weighted by atomic mass is 9.79. The predicted molar refractivity (Wildman–Crippen MR) is 131 cm³/mol. The summed E-state index contributed by atoms with van der Waals surface area (Å²) in [5.41, 5.74) is 3.17. The number of hydrogen-bond acceptors (Lipinski definition) is 7. The van der Waals surface area contributed by atoms with E-state index in [2.05, 4.69) is 67.8 Å². The van der Waals surface area contributed by atoms with Gasteiger partial charge in [-0.25, -0.2) is 4.98 Å². The third-order valence-electron chi connectivity index (χ3n) is 6.84. The summed E-state index contributed by atoms with van der Waals surface area (Å²) >= 11 is 1.69. The minimum Gasteiger partial charge on any atom is -0.399 e. The molecular formula is C24H27BN4O2S. The molecule has 2 aliphatic rings. The largest absolute Gasteiger partial charge is 0.494 e. The Morgan fingerprint density at radius 3 is 2.19 bits per heavy atom. The van der Waals surface area contributed by atoms with Gasteiger partial charge in [-0.05, 0) is 63.5 Å². The molecule has 3 heterocycles. The number of fused-ring (bicyclic) bond motifs is 1. The van der Waals surface area contributed by atoms with Crippen molar-refractivity contribution in [1.29, 1.82) is 5.26 Å². The maximum atomic E-state index is 9.11. The fourth-order valence-electron chi connectivity index (χ4n) is 4.10. The summed E-state index contributed by atoms with van der Waals surface area (Å²) in [6, 6.07) is 16.5. The molecule has 0 radical (unpaired) electrons. The first-order valence-electron chi connectivity index (χ1n) is 11.0. The summed E-state index contributed by atoms with van der Waals surface area (Å²) in [7, 11) is -0.327. The van der Waals surface area contributed by atoms with Crippen molar-refractivity contribution < 1.29 is 9.31 Å². The molecule has 2 fully saturated rings. The van der Waals surface area contributed by atoms with Crippen LogP contribution in [-0.2, 0) is 9.31 Å². The normalized spacial score (nSPS) is 20.0. The van der Waals surface area contributed by atoms with Crippen LogP contribution in [0.1, 0.15) is 33.3 Å². The average molecular weight is 446 g/mol. The molecule has 2 aliphatic heterocycles. The zero-order valence-electron chi connectivity index (χ0n) is 19.0. The van der Waals surface area contributed by atoms with Crippen LogP contribution < -0.4 is 15.3 Å². The lowest BCUT2D eigenvalue weighted by Gasteiger charge is -2.36. The smallest absolute Gasteiger partial charge is 0.399 e. The van der Waals surface area contributed by atoms with Crippen LogP contribution in [0.3, 0.4) is 0 Å². The molecule has 0 amide bonds. The number of rotatable bonds is 3. The van der Waals surface area contributed by atoms with Gasteiger partial charge in [0, 0.05) is 31.9 Å². The van der Waals surface area contributed by atoms with E-state index in [1.165, 1.54) is 5.69 Å². The Hall–Kier alpha value is -2.60. The van der Waals surface area contributed by atoms with Crippen LogP contribution >= 0.6 is 11.3 Å².